The Morgan fingerprint density at radius 2 is 2.15 bits per heavy atom. The van der Waals surface area contributed by atoms with Gasteiger partial charge in [-0.3, -0.25) is 14.9 Å². The molecule has 0 spiro atoms. The zero-order valence-corrected chi connectivity index (χ0v) is 14.4. The second-order valence-electron chi connectivity index (χ2n) is 5.47. The maximum Gasteiger partial charge on any atom is 0.348 e. The molecule has 0 bridgehead atoms. The molecular formula is C17H14N2O6S. The van der Waals surface area contributed by atoms with Crippen LogP contribution in [0.4, 0.5) is 5.69 Å². The number of esters is 1. The molecule has 1 atom stereocenters. The van der Waals surface area contributed by atoms with E-state index in [0.717, 1.165) is 16.0 Å². The van der Waals surface area contributed by atoms with Crippen molar-refractivity contribution in [3.63, 3.8) is 0 Å². The Hall–Kier alpha value is -3.20. The number of amides is 1. The number of carbonyl (C=O) groups is 2. The SMILES string of the molecule is C[C@@H](NC(=O)COC(=O)c1cc2cc([N+](=O)[O-])ccc2s1)c1ccco1. The highest BCUT2D eigenvalue weighted by atomic mass is 32.1. The number of nitrogens with one attached hydrogen (secondary N) is 1. The second kappa shape index (κ2) is 7.36. The van der Waals surface area contributed by atoms with Gasteiger partial charge in [0, 0.05) is 22.2 Å². The Morgan fingerprint density at radius 3 is 2.85 bits per heavy atom. The van der Waals surface area contributed by atoms with Crippen LogP contribution in [-0.2, 0) is 9.53 Å². The minimum atomic E-state index is -0.658. The van der Waals surface area contributed by atoms with Gasteiger partial charge in [-0.25, -0.2) is 4.79 Å². The van der Waals surface area contributed by atoms with Crippen LogP contribution in [0.2, 0.25) is 0 Å². The summed E-state index contributed by atoms with van der Waals surface area (Å²) in [6.07, 6.45) is 1.50. The summed E-state index contributed by atoms with van der Waals surface area (Å²) in [5.41, 5.74) is -0.0542. The molecule has 1 amide bonds. The molecule has 3 aromatic rings. The highest BCUT2D eigenvalue weighted by molar-refractivity contribution is 7.20. The Balaban J connectivity index is 1.60. The van der Waals surface area contributed by atoms with Crippen molar-refractivity contribution >= 4 is 39.0 Å². The van der Waals surface area contributed by atoms with E-state index >= 15 is 0 Å². The summed E-state index contributed by atoms with van der Waals surface area (Å²) < 4.78 is 10.9. The molecule has 0 saturated heterocycles. The van der Waals surface area contributed by atoms with Gasteiger partial charge in [0.2, 0.25) is 0 Å². The van der Waals surface area contributed by atoms with E-state index in [2.05, 4.69) is 5.32 Å². The average molecular weight is 374 g/mol. The van der Waals surface area contributed by atoms with Gasteiger partial charge in [0.05, 0.1) is 17.2 Å². The number of nitrogens with zero attached hydrogens (tertiary/aromatic N) is 1. The summed E-state index contributed by atoms with van der Waals surface area (Å²) >= 11 is 1.15. The van der Waals surface area contributed by atoms with Gasteiger partial charge in [-0.15, -0.1) is 11.3 Å². The molecule has 1 aromatic carbocycles. The minimum Gasteiger partial charge on any atom is -0.467 e. The number of nitro groups is 1. The lowest BCUT2D eigenvalue weighted by Crippen LogP contribution is -2.30. The lowest BCUT2D eigenvalue weighted by atomic mass is 10.2. The van der Waals surface area contributed by atoms with Gasteiger partial charge in [0.25, 0.3) is 11.6 Å². The third kappa shape index (κ3) is 3.89. The maximum absolute atomic E-state index is 12.1. The number of carbonyl (C=O) groups excluding carboxylic acids is 2. The summed E-state index contributed by atoms with van der Waals surface area (Å²) in [5.74, 6) is -0.524. The number of nitro benzene ring substituents is 1. The highest BCUT2D eigenvalue weighted by Crippen LogP contribution is 2.29. The standard InChI is InChI=1S/C17H14N2O6S/c1-10(13-3-2-6-24-13)18-16(20)9-25-17(21)15-8-11-7-12(19(22)23)4-5-14(11)26-15/h2-8,10H,9H2,1H3,(H,18,20)/t10-/m1/s1. The Kier molecular flexibility index (Phi) is 4.99. The van der Waals surface area contributed by atoms with E-state index in [1.807, 2.05) is 0 Å². The largest absolute Gasteiger partial charge is 0.467 e. The quantitative estimate of drug-likeness (QED) is 0.402. The molecule has 26 heavy (non-hydrogen) atoms. The van der Waals surface area contributed by atoms with Crippen LogP contribution in [0.1, 0.15) is 28.4 Å². The molecule has 8 nitrogen and oxygen atoms in total. The lowest BCUT2D eigenvalue weighted by molar-refractivity contribution is -0.384. The molecule has 0 radical (unpaired) electrons. The number of ether oxygens (including phenoxy) is 1. The Bertz CT molecular complexity index is 963. The van der Waals surface area contributed by atoms with E-state index in [4.69, 9.17) is 9.15 Å². The van der Waals surface area contributed by atoms with Crippen molar-refractivity contribution in [1.82, 2.24) is 5.32 Å². The van der Waals surface area contributed by atoms with Gasteiger partial charge >= 0.3 is 5.97 Å². The summed E-state index contributed by atoms with van der Waals surface area (Å²) in [5, 5.41) is 14.0. The first-order valence-corrected chi connectivity index (χ1v) is 8.43. The molecule has 0 aliphatic carbocycles. The van der Waals surface area contributed by atoms with Crippen molar-refractivity contribution in [3.8, 4) is 0 Å². The predicted molar refractivity (Wildman–Crippen MR) is 94.0 cm³/mol. The van der Waals surface area contributed by atoms with Gasteiger partial charge in [0.1, 0.15) is 10.6 Å². The Morgan fingerprint density at radius 1 is 1.35 bits per heavy atom. The normalized spacial score (nSPS) is 11.9. The number of rotatable bonds is 6. The third-order valence-corrected chi connectivity index (χ3v) is 4.69. The van der Waals surface area contributed by atoms with Crippen LogP contribution in [0.5, 0.6) is 0 Å². The van der Waals surface area contributed by atoms with Crippen molar-refractivity contribution in [3.05, 3.63) is 63.4 Å². The van der Waals surface area contributed by atoms with Crippen molar-refractivity contribution in [2.24, 2.45) is 0 Å². The first kappa shape index (κ1) is 17.6. The van der Waals surface area contributed by atoms with Crippen LogP contribution in [0.15, 0.2) is 47.1 Å². The van der Waals surface area contributed by atoms with E-state index in [-0.39, 0.29) is 16.6 Å². The average Bonchev–Trinajstić information content (AvgIpc) is 3.28. The van der Waals surface area contributed by atoms with Crippen molar-refractivity contribution in [2.45, 2.75) is 13.0 Å². The minimum absolute atomic E-state index is 0.0542. The molecule has 0 aliphatic heterocycles. The van der Waals surface area contributed by atoms with Crippen molar-refractivity contribution in [2.75, 3.05) is 6.61 Å². The zero-order chi connectivity index (χ0) is 18.7. The molecule has 9 heteroatoms. The van der Waals surface area contributed by atoms with Crippen molar-refractivity contribution < 1.29 is 23.7 Å². The van der Waals surface area contributed by atoms with Crippen molar-refractivity contribution in [1.29, 1.82) is 0 Å². The van der Waals surface area contributed by atoms with Crippen LogP contribution < -0.4 is 5.32 Å². The Labute approximate surface area is 151 Å². The van der Waals surface area contributed by atoms with Crippen LogP contribution in [0.3, 0.4) is 0 Å². The fourth-order valence-electron chi connectivity index (χ4n) is 2.34. The van der Waals surface area contributed by atoms with E-state index in [1.54, 1.807) is 25.1 Å². The number of thiophene rings is 1. The van der Waals surface area contributed by atoms with E-state index < -0.39 is 23.4 Å². The monoisotopic (exact) mass is 374 g/mol. The molecule has 3 rings (SSSR count). The summed E-state index contributed by atoms with van der Waals surface area (Å²) in [6.45, 7) is 1.32. The molecule has 2 aromatic heterocycles. The number of hydrogen-bond acceptors (Lipinski definition) is 7. The fraction of sp³-hybridized carbons (Fsp3) is 0.176. The molecule has 2 heterocycles. The van der Waals surface area contributed by atoms with Crippen LogP contribution in [-0.4, -0.2) is 23.4 Å². The highest BCUT2D eigenvalue weighted by Gasteiger charge is 2.17. The van der Waals surface area contributed by atoms with Gasteiger partial charge in [-0.1, -0.05) is 0 Å². The van der Waals surface area contributed by atoms with Crippen LogP contribution in [0.25, 0.3) is 10.1 Å². The lowest BCUT2D eigenvalue weighted by Gasteiger charge is -2.11. The van der Waals surface area contributed by atoms with Gasteiger partial charge in [0.15, 0.2) is 6.61 Å². The third-order valence-electron chi connectivity index (χ3n) is 3.59. The molecule has 0 unspecified atom stereocenters. The van der Waals surface area contributed by atoms with Crippen LogP contribution >= 0.6 is 11.3 Å². The molecule has 134 valence electrons. The van der Waals surface area contributed by atoms with Gasteiger partial charge in [-0.05, 0) is 31.2 Å². The molecule has 0 aliphatic rings. The van der Waals surface area contributed by atoms with Gasteiger partial charge < -0.3 is 14.5 Å². The zero-order valence-electron chi connectivity index (χ0n) is 13.6. The predicted octanol–water partition coefficient (Wildman–Crippen LogP) is 3.44. The molecule has 0 saturated carbocycles. The summed E-state index contributed by atoms with van der Waals surface area (Å²) in [4.78, 5) is 34.6. The molecule has 1 N–H and O–H groups in total. The summed E-state index contributed by atoms with van der Waals surface area (Å²) in [7, 11) is 0. The van der Waals surface area contributed by atoms with E-state index in [0.29, 0.717) is 11.1 Å². The number of hydrogen-bond donors (Lipinski definition) is 1. The topological polar surface area (TPSA) is 112 Å². The molecular weight excluding hydrogens is 360 g/mol. The molecule has 0 fully saturated rings. The van der Waals surface area contributed by atoms with E-state index in [9.17, 15) is 19.7 Å². The number of non-ortho nitro benzene ring substituents is 1. The number of fused-ring (bicyclic) bond motifs is 1. The maximum atomic E-state index is 12.1. The number of furan rings is 1. The van der Waals surface area contributed by atoms with Gasteiger partial charge in [-0.2, -0.15) is 0 Å². The van der Waals surface area contributed by atoms with Crippen LogP contribution in [0, 0.1) is 10.1 Å². The van der Waals surface area contributed by atoms with E-state index in [1.165, 1.54) is 24.5 Å². The first-order chi connectivity index (χ1) is 12.4. The summed E-state index contributed by atoms with van der Waals surface area (Å²) in [6, 6.07) is 8.95. The smallest absolute Gasteiger partial charge is 0.348 e. The second-order valence-corrected chi connectivity index (χ2v) is 6.55. The first-order valence-electron chi connectivity index (χ1n) is 7.62. The fourth-order valence-corrected chi connectivity index (χ4v) is 3.28. The number of benzene rings is 1.